The molecule has 0 radical (unpaired) electrons. The maximum absolute atomic E-state index is 12.9. The number of aromatic nitrogens is 4. The first-order valence-electron chi connectivity index (χ1n) is 11.9. The van der Waals surface area contributed by atoms with Crippen molar-refractivity contribution in [1.82, 2.24) is 19.7 Å². The van der Waals surface area contributed by atoms with Crippen molar-refractivity contribution in [2.75, 3.05) is 11.9 Å². The molecule has 34 heavy (non-hydrogen) atoms. The third kappa shape index (κ3) is 4.59. The first-order valence-corrected chi connectivity index (χ1v) is 11.9. The number of nitrogens with zero attached hydrogens (tertiary/aromatic N) is 4. The number of primary amides is 1. The van der Waals surface area contributed by atoms with Crippen LogP contribution in [0.2, 0.25) is 0 Å². The highest BCUT2D eigenvalue weighted by molar-refractivity contribution is 6.00. The van der Waals surface area contributed by atoms with E-state index >= 15 is 0 Å². The molecule has 1 amide bonds. The summed E-state index contributed by atoms with van der Waals surface area (Å²) < 4.78 is 1.63. The van der Waals surface area contributed by atoms with Gasteiger partial charge in [-0.2, -0.15) is 10.1 Å². The number of amides is 1. The lowest BCUT2D eigenvalue weighted by Crippen LogP contribution is -2.30. The fourth-order valence-electron chi connectivity index (χ4n) is 5.23. The van der Waals surface area contributed by atoms with Gasteiger partial charge >= 0.3 is 0 Å². The van der Waals surface area contributed by atoms with Gasteiger partial charge in [0.15, 0.2) is 5.78 Å². The molecule has 0 saturated heterocycles. The van der Waals surface area contributed by atoms with E-state index in [0.29, 0.717) is 37.1 Å². The van der Waals surface area contributed by atoms with Gasteiger partial charge in [0.1, 0.15) is 11.6 Å². The minimum absolute atomic E-state index is 0.0137. The van der Waals surface area contributed by atoms with Crippen LogP contribution in [-0.2, 0) is 17.6 Å². The lowest BCUT2D eigenvalue weighted by atomic mass is 9.75. The van der Waals surface area contributed by atoms with E-state index in [1.165, 1.54) is 6.20 Å². The average molecular weight is 468 g/mol. The van der Waals surface area contributed by atoms with Crippen LogP contribution in [0.5, 0.6) is 0 Å². The van der Waals surface area contributed by atoms with Gasteiger partial charge in [-0.05, 0) is 37.0 Å². The molecule has 1 fully saturated rings. The van der Waals surface area contributed by atoms with E-state index < -0.39 is 5.91 Å². The van der Waals surface area contributed by atoms with Crippen molar-refractivity contribution >= 4 is 23.3 Å². The molecule has 5 N–H and O–H groups in total. The third-order valence-corrected chi connectivity index (χ3v) is 6.88. The summed E-state index contributed by atoms with van der Waals surface area (Å²) >= 11 is 0. The number of carbonyl (C=O) groups is 3. The molecule has 10 heteroatoms. The summed E-state index contributed by atoms with van der Waals surface area (Å²) in [7, 11) is 0. The Morgan fingerprint density at radius 1 is 1.26 bits per heavy atom. The molecule has 2 aromatic heterocycles. The third-order valence-electron chi connectivity index (χ3n) is 6.88. The van der Waals surface area contributed by atoms with Crippen LogP contribution in [0.25, 0.3) is 5.95 Å². The molecule has 2 aromatic rings. The molecule has 2 atom stereocenters. The summed E-state index contributed by atoms with van der Waals surface area (Å²) in [5, 5.41) is 8.03. The summed E-state index contributed by atoms with van der Waals surface area (Å²) in [6, 6.07) is -0.0328. The number of Topliss-reactive ketones (excluding diaryl/α,β-unsaturated/α-hetero) is 2. The number of rotatable bonds is 8. The van der Waals surface area contributed by atoms with Crippen LogP contribution in [0.3, 0.4) is 0 Å². The summed E-state index contributed by atoms with van der Waals surface area (Å²) in [5.41, 5.74) is 13.3. The quantitative estimate of drug-likeness (QED) is 0.531. The topological polar surface area (TPSA) is 159 Å². The highest BCUT2D eigenvalue weighted by atomic mass is 16.1. The summed E-state index contributed by atoms with van der Waals surface area (Å²) in [5.74, 6) is 0.159. The van der Waals surface area contributed by atoms with Gasteiger partial charge in [-0.1, -0.05) is 27.2 Å². The van der Waals surface area contributed by atoms with Crippen molar-refractivity contribution in [2.24, 2.45) is 22.8 Å². The molecule has 2 aliphatic rings. The second-order valence-electron chi connectivity index (χ2n) is 10.2. The zero-order valence-corrected chi connectivity index (χ0v) is 20.1. The first-order chi connectivity index (χ1) is 16.1. The predicted molar refractivity (Wildman–Crippen MR) is 127 cm³/mol. The number of hydrogen-bond acceptors (Lipinski definition) is 8. The zero-order valence-electron chi connectivity index (χ0n) is 20.1. The molecule has 2 unspecified atom stereocenters. The van der Waals surface area contributed by atoms with Crippen molar-refractivity contribution in [2.45, 2.75) is 71.8 Å². The Balaban J connectivity index is 1.73. The number of nitrogens with one attached hydrogen (secondary N) is 1. The van der Waals surface area contributed by atoms with Crippen LogP contribution in [0.1, 0.15) is 85.0 Å². The molecule has 0 spiro atoms. The van der Waals surface area contributed by atoms with E-state index in [2.05, 4.69) is 34.2 Å². The lowest BCUT2D eigenvalue weighted by Gasteiger charge is -2.29. The molecule has 0 aromatic carbocycles. The van der Waals surface area contributed by atoms with E-state index in [9.17, 15) is 14.4 Å². The second-order valence-corrected chi connectivity index (χ2v) is 10.2. The Bertz CT molecular complexity index is 1140. The zero-order chi connectivity index (χ0) is 24.6. The number of fused-ring (bicyclic) bond motifs is 1. The Morgan fingerprint density at radius 2 is 2.03 bits per heavy atom. The Hall–Kier alpha value is -3.14. The first kappa shape index (κ1) is 24.0. The van der Waals surface area contributed by atoms with Gasteiger partial charge in [0, 0.05) is 25.1 Å². The van der Waals surface area contributed by atoms with Gasteiger partial charge in [-0.15, -0.1) is 0 Å². The monoisotopic (exact) mass is 467 g/mol. The number of hydrogen-bond donors (Lipinski definition) is 3. The maximum Gasteiger partial charge on any atom is 0.254 e. The van der Waals surface area contributed by atoms with E-state index in [4.69, 9.17) is 11.5 Å². The lowest BCUT2D eigenvalue weighted by molar-refractivity contribution is -0.118. The SMILES string of the molecule is CCc1nn(-c2ncc(C(N)=O)c(NC3CCCC3CC(=O)CN)n2)c2c1C(=O)CC(C)(C)C2. The van der Waals surface area contributed by atoms with Crippen LogP contribution in [0.15, 0.2) is 6.20 Å². The molecule has 0 bridgehead atoms. The molecular weight excluding hydrogens is 434 g/mol. The smallest absolute Gasteiger partial charge is 0.254 e. The molecule has 0 aliphatic heterocycles. The number of carbonyl (C=O) groups excluding carboxylic acids is 3. The molecule has 2 heterocycles. The van der Waals surface area contributed by atoms with E-state index in [1.807, 2.05) is 6.92 Å². The summed E-state index contributed by atoms with van der Waals surface area (Å²) in [4.78, 5) is 46.0. The highest BCUT2D eigenvalue weighted by Crippen LogP contribution is 2.37. The van der Waals surface area contributed by atoms with Gasteiger partial charge in [0.2, 0.25) is 0 Å². The highest BCUT2D eigenvalue weighted by Gasteiger charge is 2.37. The molecule has 2 aliphatic carbocycles. The second kappa shape index (κ2) is 9.25. The minimum atomic E-state index is -0.644. The van der Waals surface area contributed by atoms with E-state index in [-0.39, 0.29) is 47.0 Å². The fourth-order valence-corrected chi connectivity index (χ4v) is 5.23. The molecular formula is C24H33N7O3. The molecule has 10 nitrogen and oxygen atoms in total. The number of nitrogens with two attached hydrogens (primary N) is 2. The van der Waals surface area contributed by atoms with Crippen LogP contribution < -0.4 is 16.8 Å². The van der Waals surface area contributed by atoms with Gasteiger partial charge in [-0.25, -0.2) is 9.67 Å². The van der Waals surface area contributed by atoms with Gasteiger partial charge < -0.3 is 16.8 Å². The van der Waals surface area contributed by atoms with Crippen molar-refractivity contribution in [1.29, 1.82) is 0 Å². The molecule has 182 valence electrons. The van der Waals surface area contributed by atoms with Crippen LogP contribution >= 0.6 is 0 Å². The predicted octanol–water partition coefficient (Wildman–Crippen LogP) is 1.98. The van der Waals surface area contributed by atoms with Crippen LogP contribution in [-0.4, -0.2) is 49.8 Å². The summed E-state index contributed by atoms with van der Waals surface area (Å²) in [6.45, 7) is 6.10. The fraction of sp³-hybridized carbons (Fsp3) is 0.583. The minimum Gasteiger partial charge on any atom is -0.366 e. The van der Waals surface area contributed by atoms with E-state index in [0.717, 1.165) is 30.7 Å². The van der Waals surface area contributed by atoms with Gasteiger partial charge in [-0.3, -0.25) is 14.4 Å². The number of ketones is 2. The van der Waals surface area contributed by atoms with Crippen molar-refractivity contribution in [3.05, 3.63) is 28.7 Å². The molecule has 1 saturated carbocycles. The van der Waals surface area contributed by atoms with Crippen molar-refractivity contribution in [3.63, 3.8) is 0 Å². The van der Waals surface area contributed by atoms with Crippen molar-refractivity contribution < 1.29 is 14.4 Å². The van der Waals surface area contributed by atoms with Crippen molar-refractivity contribution in [3.8, 4) is 5.95 Å². The standard InChI is InChI=1S/C24H33N7O3/c1-4-16-20-18(9-24(2,3)10-19(20)33)31(30-16)23-27-12-15(21(26)34)22(29-23)28-17-7-5-6-13(17)8-14(32)11-25/h12-13,17H,4-11,25H2,1-3H3,(H2,26,34)(H,27,28,29). The van der Waals surface area contributed by atoms with Gasteiger partial charge in [0.05, 0.1) is 29.1 Å². The average Bonchev–Trinajstić information content (AvgIpc) is 3.36. The van der Waals surface area contributed by atoms with Crippen LogP contribution in [0, 0.1) is 11.3 Å². The van der Waals surface area contributed by atoms with Crippen LogP contribution in [0.4, 0.5) is 5.82 Å². The Morgan fingerprint density at radius 3 is 2.71 bits per heavy atom. The Labute approximate surface area is 198 Å². The maximum atomic E-state index is 12.9. The Kier molecular flexibility index (Phi) is 6.53. The van der Waals surface area contributed by atoms with E-state index in [1.54, 1.807) is 4.68 Å². The van der Waals surface area contributed by atoms with Gasteiger partial charge in [0.25, 0.3) is 11.9 Å². The molecule has 4 rings (SSSR count). The number of anilines is 1. The normalized spacial score (nSPS) is 21.4. The largest absolute Gasteiger partial charge is 0.366 e. The number of aryl methyl sites for hydroxylation is 1. The summed E-state index contributed by atoms with van der Waals surface area (Å²) in [6.07, 6.45) is 6.25.